The zero-order valence-corrected chi connectivity index (χ0v) is 32.6. The van der Waals surface area contributed by atoms with Crippen molar-refractivity contribution in [3.63, 3.8) is 0 Å². The minimum atomic E-state index is 0.273. The lowest BCUT2D eigenvalue weighted by Gasteiger charge is -2.43. The largest absolute Gasteiger partial charge is 0.366 e. The van der Waals surface area contributed by atoms with Gasteiger partial charge < -0.3 is 14.0 Å². The van der Waals surface area contributed by atoms with Crippen LogP contribution in [0.4, 0.5) is 5.69 Å². The van der Waals surface area contributed by atoms with Crippen molar-refractivity contribution in [3.05, 3.63) is 114 Å². The van der Waals surface area contributed by atoms with E-state index in [0.29, 0.717) is 18.0 Å². The van der Waals surface area contributed by atoms with E-state index in [-0.39, 0.29) is 6.71 Å². The first-order chi connectivity index (χ1) is 27.8. The summed E-state index contributed by atoms with van der Waals surface area (Å²) in [6.07, 6.45) is 22.9. The Morgan fingerprint density at radius 2 is 1.23 bits per heavy atom. The van der Waals surface area contributed by atoms with Crippen molar-refractivity contribution in [2.45, 2.75) is 108 Å². The maximum Gasteiger partial charge on any atom is 0.247 e. The monoisotopic (exact) mass is 727 g/mol. The van der Waals surface area contributed by atoms with Gasteiger partial charge in [0.15, 0.2) is 0 Å². The standard InChI is InChI=1S/C52H50BN3/c1-4-14-33(15-5-1)36-24-26-46-40(28-36)42-32-43-41-31-39(54(37-18-6-2-7-19-37)38-20-8-3-9-21-38)25-27-47(41)56-49-30-35-17-11-10-16-34(35)29-45(49)53-44-22-12-13-23-48(44)55(46)51(42)50(53)52(43)56/h1,4-5,12-15,22-28,30-32,34,37-38H,2-3,6-11,16-21,29H2. The van der Waals surface area contributed by atoms with Gasteiger partial charge in [0.1, 0.15) is 0 Å². The second-order valence-corrected chi connectivity index (χ2v) is 18.3. The van der Waals surface area contributed by atoms with Crippen LogP contribution in [0.15, 0.2) is 114 Å². The van der Waals surface area contributed by atoms with E-state index in [1.54, 1.807) is 16.5 Å². The highest BCUT2D eigenvalue weighted by molar-refractivity contribution is 6.96. The SMILES string of the molecule is C1=C2CCCCC2CC2=C1n1c3ccc(N(C4CCCCC4)C4CCCCC4)cc3c3cc4c5cc(-c6ccccc6)ccc5n5c4c(c31)B2c1ccccc1-5. The zero-order chi connectivity index (χ0) is 36.5. The van der Waals surface area contributed by atoms with Gasteiger partial charge in [-0.25, -0.2) is 0 Å². The number of benzene rings is 5. The maximum atomic E-state index is 2.96. The molecule has 6 aliphatic rings. The average Bonchev–Trinajstić information content (AvgIpc) is 3.78. The van der Waals surface area contributed by atoms with E-state index in [1.165, 1.54) is 174 Å². The van der Waals surface area contributed by atoms with Gasteiger partial charge >= 0.3 is 0 Å². The summed E-state index contributed by atoms with van der Waals surface area (Å²) in [6.45, 7) is 0.273. The molecule has 4 heteroatoms. The van der Waals surface area contributed by atoms with Crippen LogP contribution in [0, 0.1) is 5.92 Å². The molecule has 0 radical (unpaired) electrons. The number of aromatic nitrogens is 2. The summed E-state index contributed by atoms with van der Waals surface area (Å²) in [4.78, 5) is 2.96. The minimum Gasteiger partial charge on any atom is -0.366 e. The zero-order valence-electron chi connectivity index (χ0n) is 32.6. The normalized spacial score (nSPS) is 20.9. The smallest absolute Gasteiger partial charge is 0.247 e. The predicted molar refractivity (Wildman–Crippen MR) is 238 cm³/mol. The van der Waals surface area contributed by atoms with E-state index < -0.39 is 0 Å². The van der Waals surface area contributed by atoms with Gasteiger partial charge in [-0.15, -0.1) is 0 Å². The molecule has 2 aliphatic heterocycles. The van der Waals surface area contributed by atoms with E-state index >= 15 is 0 Å². The fraction of sp³-hybridized carbons (Fsp3) is 0.346. The van der Waals surface area contributed by atoms with Gasteiger partial charge in [-0.05, 0) is 128 Å². The van der Waals surface area contributed by atoms with Crippen molar-refractivity contribution < 1.29 is 0 Å². The summed E-state index contributed by atoms with van der Waals surface area (Å²) in [6, 6.07) is 39.4. The van der Waals surface area contributed by atoms with Gasteiger partial charge in [0.25, 0.3) is 0 Å². The van der Waals surface area contributed by atoms with Crippen LogP contribution in [0.5, 0.6) is 0 Å². The van der Waals surface area contributed by atoms with E-state index in [4.69, 9.17) is 0 Å². The van der Waals surface area contributed by atoms with Crippen LogP contribution in [0.3, 0.4) is 0 Å². The van der Waals surface area contributed by atoms with Crippen molar-refractivity contribution in [1.29, 1.82) is 0 Å². The molecule has 0 N–H and O–H groups in total. The Hall–Kier alpha value is -4.96. The molecule has 0 saturated heterocycles. The van der Waals surface area contributed by atoms with Crippen LogP contribution in [0.25, 0.3) is 66.1 Å². The Labute approximate surface area is 330 Å². The van der Waals surface area contributed by atoms with E-state index in [2.05, 4.69) is 117 Å². The van der Waals surface area contributed by atoms with Crippen LogP contribution < -0.4 is 15.8 Å². The van der Waals surface area contributed by atoms with Crippen molar-refractivity contribution in [3.8, 4) is 16.8 Å². The maximum absolute atomic E-state index is 2.96. The van der Waals surface area contributed by atoms with Gasteiger partial charge in [0.05, 0.1) is 22.1 Å². The predicted octanol–water partition coefficient (Wildman–Crippen LogP) is 12.2. The second kappa shape index (κ2) is 12.3. The molecule has 0 amide bonds. The molecule has 0 bridgehead atoms. The van der Waals surface area contributed by atoms with E-state index in [0.717, 1.165) is 0 Å². The Kier molecular flexibility index (Phi) is 7.05. The first kappa shape index (κ1) is 32.2. The summed E-state index contributed by atoms with van der Waals surface area (Å²) < 4.78 is 5.42. The number of hydrogen-bond acceptors (Lipinski definition) is 1. The molecular weight excluding hydrogens is 677 g/mol. The number of allylic oxidation sites excluding steroid dienone is 4. The van der Waals surface area contributed by atoms with Crippen LogP contribution in [-0.4, -0.2) is 27.9 Å². The first-order valence-electron chi connectivity index (χ1n) is 22.3. The molecule has 3 saturated carbocycles. The molecule has 2 aromatic heterocycles. The van der Waals surface area contributed by atoms with Gasteiger partial charge in [0.2, 0.25) is 6.71 Å². The first-order valence-corrected chi connectivity index (χ1v) is 22.3. The Morgan fingerprint density at radius 1 is 0.554 bits per heavy atom. The van der Waals surface area contributed by atoms with Gasteiger partial charge in [0, 0.05) is 50.7 Å². The number of nitrogens with zero attached hydrogens (tertiary/aromatic N) is 3. The summed E-state index contributed by atoms with van der Waals surface area (Å²) >= 11 is 0. The van der Waals surface area contributed by atoms with Crippen molar-refractivity contribution in [2.24, 2.45) is 5.92 Å². The molecule has 3 nitrogen and oxygen atoms in total. The molecule has 0 spiro atoms. The van der Waals surface area contributed by atoms with E-state index in [9.17, 15) is 0 Å². The number of hydrogen-bond donors (Lipinski definition) is 0. The minimum absolute atomic E-state index is 0.273. The van der Waals surface area contributed by atoms with Crippen LogP contribution in [-0.2, 0) is 0 Å². The molecule has 1 unspecified atom stereocenters. The van der Waals surface area contributed by atoms with Crippen molar-refractivity contribution >= 4 is 72.6 Å². The lowest BCUT2D eigenvalue weighted by atomic mass is 9.32. The lowest BCUT2D eigenvalue weighted by Crippen LogP contribution is -2.53. The lowest BCUT2D eigenvalue weighted by molar-refractivity contribution is 0.340. The fourth-order valence-corrected chi connectivity index (χ4v) is 13.0. The highest BCUT2D eigenvalue weighted by atomic mass is 15.2. The highest BCUT2D eigenvalue weighted by Crippen LogP contribution is 2.49. The quantitative estimate of drug-likeness (QED) is 0.165. The topological polar surface area (TPSA) is 13.1 Å². The third-order valence-corrected chi connectivity index (χ3v) is 15.4. The fourth-order valence-electron chi connectivity index (χ4n) is 13.0. The second-order valence-electron chi connectivity index (χ2n) is 18.3. The molecule has 7 aromatic rings. The number of para-hydroxylation sites is 1. The highest BCUT2D eigenvalue weighted by Gasteiger charge is 2.44. The summed E-state index contributed by atoms with van der Waals surface area (Å²) in [5.74, 6) is 0.681. The van der Waals surface area contributed by atoms with Gasteiger partial charge in [-0.2, -0.15) is 0 Å². The molecule has 276 valence electrons. The molecule has 4 aliphatic carbocycles. The van der Waals surface area contributed by atoms with Crippen LogP contribution in [0.2, 0.25) is 0 Å². The van der Waals surface area contributed by atoms with Crippen molar-refractivity contribution in [2.75, 3.05) is 4.90 Å². The summed E-state index contributed by atoms with van der Waals surface area (Å²) in [5, 5.41) is 5.68. The number of rotatable bonds is 4. The number of fused-ring (bicyclic) bond motifs is 12. The third-order valence-electron chi connectivity index (χ3n) is 15.4. The molecular formula is C52H50BN3. The van der Waals surface area contributed by atoms with Gasteiger partial charge in [-0.1, -0.05) is 111 Å². The molecule has 4 heterocycles. The Bertz CT molecular complexity index is 2800. The van der Waals surface area contributed by atoms with Crippen LogP contribution >= 0.6 is 0 Å². The molecule has 56 heavy (non-hydrogen) atoms. The summed E-state index contributed by atoms with van der Waals surface area (Å²) in [5.41, 5.74) is 18.9. The third kappa shape index (κ3) is 4.48. The molecule has 13 rings (SSSR count). The van der Waals surface area contributed by atoms with Crippen LogP contribution in [0.1, 0.15) is 96.3 Å². The molecule has 5 aromatic carbocycles. The Morgan fingerprint density at radius 3 is 2.04 bits per heavy atom. The Balaban J connectivity index is 1.15. The number of anilines is 1. The average molecular weight is 728 g/mol. The van der Waals surface area contributed by atoms with E-state index in [1.807, 2.05) is 0 Å². The summed E-state index contributed by atoms with van der Waals surface area (Å²) in [7, 11) is 0. The van der Waals surface area contributed by atoms with Crippen molar-refractivity contribution in [1.82, 2.24) is 9.13 Å². The molecule has 1 atom stereocenters. The van der Waals surface area contributed by atoms with Gasteiger partial charge in [-0.3, -0.25) is 0 Å². The molecule has 3 fully saturated rings.